The number of rotatable bonds is 7. The number of alkyl halides is 1. The number of nitrogens with one attached hydrogen (secondary N) is 1. The topological polar surface area (TPSA) is 55.4 Å². The average molecular weight is 298 g/mol. The van der Waals surface area contributed by atoms with Crippen LogP contribution in [0.5, 0.6) is 0 Å². The Labute approximate surface area is 115 Å². The highest BCUT2D eigenvalue weighted by Crippen LogP contribution is 2.33. The highest BCUT2D eigenvalue weighted by Gasteiger charge is 2.36. The maximum Gasteiger partial charge on any atom is 0.214 e. The van der Waals surface area contributed by atoms with Crippen LogP contribution in [-0.4, -0.2) is 38.8 Å². The van der Waals surface area contributed by atoms with E-state index in [1.165, 1.54) is 0 Å². The van der Waals surface area contributed by atoms with Crippen LogP contribution in [0.1, 0.15) is 39.5 Å². The van der Waals surface area contributed by atoms with Gasteiger partial charge in [-0.05, 0) is 38.5 Å². The van der Waals surface area contributed by atoms with E-state index >= 15 is 0 Å². The molecule has 18 heavy (non-hydrogen) atoms. The summed E-state index contributed by atoms with van der Waals surface area (Å²) in [6, 6.07) is 0. The second-order valence-electron chi connectivity index (χ2n) is 5.21. The van der Waals surface area contributed by atoms with Gasteiger partial charge in [0, 0.05) is 18.0 Å². The number of ether oxygens (including phenoxy) is 1. The van der Waals surface area contributed by atoms with Crippen molar-refractivity contribution in [3.63, 3.8) is 0 Å². The maximum absolute atomic E-state index is 12.0. The molecule has 1 N–H and O–H groups in total. The Balaban J connectivity index is 2.56. The van der Waals surface area contributed by atoms with Gasteiger partial charge in [-0.25, -0.2) is 13.1 Å². The van der Waals surface area contributed by atoms with E-state index in [-0.39, 0.29) is 12.4 Å². The van der Waals surface area contributed by atoms with Crippen LogP contribution in [-0.2, 0) is 14.8 Å². The zero-order chi connectivity index (χ0) is 13.6. The number of hydrogen-bond acceptors (Lipinski definition) is 3. The zero-order valence-corrected chi connectivity index (χ0v) is 12.8. The van der Waals surface area contributed by atoms with E-state index in [2.05, 4.69) is 11.6 Å². The quantitative estimate of drug-likeness (QED) is 0.578. The molecule has 0 heterocycles. The normalized spacial score (nSPS) is 29.4. The molecule has 0 aromatic heterocycles. The summed E-state index contributed by atoms with van der Waals surface area (Å²) in [5, 5.41) is 0. The van der Waals surface area contributed by atoms with Gasteiger partial charge in [-0.3, -0.25) is 0 Å². The van der Waals surface area contributed by atoms with Gasteiger partial charge in [0.1, 0.15) is 0 Å². The predicted molar refractivity (Wildman–Crippen MR) is 74.5 cm³/mol. The summed E-state index contributed by atoms with van der Waals surface area (Å²) >= 11 is 5.99. The van der Waals surface area contributed by atoms with Crippen molar-refractivity contribution in [2.45, 2.75) is 45.1 Å². The standard InChI is InChI=1S/C12H24ClNO3S/c1-3-17-8-9-18(15,16)14-12(10-13)6-4-11(2)5-7-12/h11,14H,3-10H2,1-2H3. The van der Waals surface area contributed by atoms with Crippen LogP contribution >= 0.6 is 11.6 Å². The van der Waals surface area contributed by atoms with E-state index < -0.39 is 15.6 Å². The van der Waals surface area contributed by atoms with Gasteiger partial charge in [0.25, 0.3) is 0 Å². The molecule has 1 aliphatic rings. The number of hydrogen-bond donors (Lipinski definition) is 1. The molecule has 108 valence electrons. The third-order valence-electron chi connectivity index (χ3n) is 3.56. The third-order valence-corrected chi connectivity index (χ3v) is 5.52. The number of halogens is 1. The third kappa shape index (κ3) is 5.03. The molecular formula is C12H24ClNO3S. The molecule has 0 radical (unpaired) electrons. The fourth-order valence-electron chi connectivity index (χ4n) is 2.27. The molecule has 0 unspecified atom stereocenters. The summed E-state index contributed by atoms with van der Waals surface area (Å²) in [6.07, 6.45) is 3.71. The van der Waals surface area contributed by atoms with Gasteiger partial charge in [0.05, 0.1) is 12.4 Å². The van der Waals surface area contributed by atoms with Gasteiger partial charge < -0.3 is 4.74 Å². The van der Waals surface area contributed by atoms with Gasteiger partial charge >= 0.3 is 0 Å². The lowest BCUT2D eigenvalue weighted by molar-refractivity contribution is 0.162. The smallest absolute Gasteiger partial charge is 0.214 e. The van der Waals surface area contributed by atoms with Crippen LogP contribution in [0.15, 0.2) is 0 Å². The van der Waals surface area contributed by atoms with Crippen LogP contribution in [0.25, 0.3) is 0 Å². The Morgan fingerprint density at radius 3 is 2.50 bits per heavy atom. The first kappa shape index (κ1) is 16.2. The van der Waals surface area contributed by atoms with Crippen molar-refractivity contribution in [3.8, 4) is 0 Å². The molecule has 6 heteroatoms. The van der Waals surface area contributed by atoms with Gasteiger partial charge in [0.15, 0.2) is 0 Å². The van der Waals surface area contributed by atoms with Crippen molar-refractivity contribution in [1.29, 1.82) is 0 Å². The van der Waals surface area contributed by atoms with Crippen molar-refractivity contribution in [2.24, 2.45) is 5.92 Å². The Kier molecular flexibility index (Phi) is 6.38. The second kappa shape index (κ2) is 7.08. The van der Waals surface area contributed by atoms with E-state index in [1.807, 2.05) is 6.92 Å². The molecular weight excluding hydrogens is 274 g/mol. The van der Waals surface area contributed by atoms with E-state index in [4.69, 9.17) is 16.3 Å². The molecule has 0 aliphatic heterocycles. The Morgan fingerprint density at radius 2 is 2.00 bits per heavy atom. The molecule has 0 atom stereocenters. The SMILES string of the molecule is CCOCCS(=O)(=O)NC1(CCl)CCC(C)CC1. The van der Waals surface area contributed by atoms with E-state index in [1.54, 1.807) is 0 Å². The molecule has 0 spiro atoms. The van der Waals surface area contributed by atoms with Crippen LogP contribution in [0.3, 0.4) is 0 Å². The maximum atomic E-state index is 12.0. The molecule has 1 aliphatic carbocycles. The molecule has 1 saturated carbocycles. The molecule has 0 bridgehead atoms. The van der Waals surface area contributed by atoms with Crippen LogP contribution in [0.4, 0.5) is 0 Å². The van der Waals surface area contributed by atoms with Crippen molar-refractivity contribution < 1.29 is 13.2 Å². The fraction of sp³-hybridized carbons (Fsp3) is 1.00. The lowest BCUT2D eigenvalue weighted by atomic mass is 9.79. The van der Waals surface area contributed by atoms with E-state index in [0.717, 1.165) is 25.7 Å². The largest absolute Gasteiger partial charge is 0.381 e. The minimum absolute atomic E-state index is 0.00896. The lowest BCUT2D eigenvalue weighted by Crippen LogP contribution is -2.52. The van der Waals surface area contributed by atoms with Gasteiger partial charge in [-0.1, -0.05) is 6.92 Å². The Hall–Kier alpha value is 0.160. The van der Waals surface area contributed by atoms with Crippen molar-refractivity contribution >= 4 is 21.6 Å². The molecule has 4 nitrogen and oxygen atoms in total. The monoisotopic (exact) mass is 297 g/mol. The minimum atomic E-state index is -3.30. The van der Waals surface area contributed by atoms with Crippen molar-refractivity contribution in [3.05, 3.63) is 0 Å². The van der Waals surface area contributed by atoms with Crippen LogP contribution < -0.4 is 4.72 Å². The first-order valence-corrected chi connectivity index (χ1v) is 8.77. The highest BCUT2D eigenvalue weighted by molar-refractivity contribution is 7.89. The molecule has 0 aromatic rings. The molecule has 1 rings (SSSR count). The summed E-state index contributed by atoms with van der Waals surface area (Å²) < 4.78 is 31.8. The van der Waals surface area contributed by atoms with Gasteiger partial charge in [0.2, 0.25) is 10.0 Å². The molecule has 0 saturated heterocycles. The Morgan fingerprint density at radius 1 is 1.39 bits per heavy atom. The van der Waals surface area contributed by atoms with Crippen LogP contribution in [0, 0.1) is 5.92 Å². The first-order chi connectivity index (χ1) is 8.43. The Bertz CT molecular complexity index is 337. The summed E-state index contributed by atoms with van der Waals surface area (Å²) in [5.74, 6) is 1.01. The number of sulfonamides is 1. The predicted octanol–water partition coefficient (Wildman–Crippen LogP) is 2.13. The van der Waals surface area contributed by atoms with E-state index in [9.17, 15) is 8.42 Å². The van der Waals surface area contributed by atoms with Gasteiger partial charge in [-0.15, -0.1) is 11.6 Å². The minimum Gasteiger partial charge on any atom is -0.381 e. The second-order valence-corrected chi connectivity index (χ2v) is 7.32. The molecule has 1 fully saturated rings. The van der Waals surface area contributed by atoms with E-state index in [0.29, 0.717) is 18.4 Å². The molecule has 0 amide bonds. The summed E-state index contributed by atoms with van der Waals surface area (Å²) in [6.45, 7) is 4.82. The van der Waals surface area contributed by atoms with Crippen molar-refractivity contribution in [2.75, 3.05) is 24.8 Å². The van der Waals surface area contributed by atoms with Crippen LogP contribution in [0.2, 0.25) is 0 Å². The van der Waals surface area contributed by atoms with Gasteiger partial charge in [-0.2, -0.15) is 0 Å². The van der Waals surface area contributed by atoms with Crippen molar-refractivity contribution in [1.82, 2.24) is 4.72 Å². The first-order valence-electron chi connectivity index (χ1n) is 6.58. The summed E-state index contributed by atoms with van der Waals surface area (Å²) in [5.41, 5.74) is -0.445. The zero-order valence-electron chi connectivity index (χ0n) is 11.2. The highest BCUT2D eigenvalue weighted by atomic mass is 35.5. The fourth-order valence-corrected chi connectivity index (χ4v) is 4.06. The average Bonchev–Trinajstić information content (AvgIpc) is 2.32. The lowest BCUT2D eigenvalue weighted by Gasteiger charge is -2.38. The summed E-state index contributed by atoms with van der Waals surface area (Å²) in [7, 11) is -3.30. The molecule has 0 aromatic carbocycles. The summed E-state index contributed by atoms with van der Waals surface area (Å²) in [4.78, 5) is 0.